The quantitative estimate of drug-likeness (QED) is 0.263. The molecular weight excluding hydrogens is 599 g/mol. The number of carbonyl (C=O) groups is 1. The third-order valence-corrected chi connectivity index (χ3v) is 9.91. The Labute approximate surface area is 279 Å². The van der Waals surface area contributed by atoms with Gasteiger partial charge in [-0.2, -0.15) is 0 Å². The van der Waals surface area contributed by atoms with E-state index in [2.05, 4.69) is 67.0 Å². The number of nitrogens with two attached hydrogens (primary N) is 1. The Kier molecular flexibility index (Phi) is 11.4. The lowest BCUT2D eigenvalue weighted by Gasteiger charge is -2.39. The van der Waals surface area contributed by atoms with E-state index in [4.69, 9.17) is 22.1 Å². The molecule has 46 heavy (non-hydrogen) atoms. The molecule has 0 spiro atoms. The van der Waals surface area contributed by atoms with Gasteiger partial charge in [-0.1, -0.05) is 68.8 Å². The number of piperidine rings is 1. The topological polar surface area (TPSA) is 62.0 Å². The maximum Gasteiger partial charge on any atom is 0.239 e. The largest absolute Gasteiger partial charge is 0.493 e. The number of hydrogen-bond donors (Lipinski definition) is 1. The van der Waals surface area contributed by atoms with Crippen molar-refractivity contribution in [1.82, 2.24) is 14.7 Å². The first-order valence-electron chi connectivity index (χ1n) is 16.8. The van der Waals surface area contributed by atoms with Crippen molar-refractivity contribution in [3.05, 3.63) is 88.2 Å². The fourth-order valence-electron chi connectivity index (χ4n) is 6.76. The van der Waals surface area contributed by atoms with Gasteiger partial charge in [0.05, 0.1) is 12.6 Å². The molecule has 2 saturated heterocycles. The van der Waals surface area contributed by atoms with Crippen molar-refractivity contribution in [2.75, 3.05) is 52.4 Å². The fourth-order valence-corrected chi connectivity index (χ4v) is 6.96. The molecule has 248 valence electrons. The number of amides is 1. The number of rotatable bonds is 10. The summed E-state index contributed by atoms with van der Waals surface area (Å²) >= 11 is 6.46. The van der Waals surface area contributed by atoms with E-state index in [1.807, 2.05) is 24.0 Å². The monoisotopic (exact) mass is 648 g/mol. The first-order valence-corrected chi connectivity index (χ1v) is 17.2. The normalized spacial score (nSPS) is 17.7. The summed E-state index contributed by atoms with van der Waals surface area (Å²) in [6, 6.07) is 19.6. The van der Waals surface area contributed by atoms with Crippen LogP contribution in [0.2, 0.25) is 5.02 Å². The van der Waals surface area contributed by atoms with Gasteiger partial charge < -0.3 is 20.3 Å². The van der Waals surface area contributed by atoms with Gasteiger partial charge in [0, 0.05) is 49.9 Å². The van der Waals surface area contributed by atoms with Crippen molar-refractivity contribution < 1.29 is 13.9 Å². The molecule has 8 heteroatoms. The third-order valence-electron chi connectivity index (χ3n) is 9.67. The molecule has 2 aliphatic rings. The van der Waals surface area contributed by atoms with Gasteiger partial charge in [-0.15, -0.1) is 0 Å². The van der Waals surface area contributed by atoms with Gasteiger partial charge in [0.25, 0.3) is 0 Å². The van der Waals surface area contributed by atoms with Crippen molar-refractivity contribution in [1.29, 1.82) is 0 Å². The minimum absolute atomic E-state index is 0.0417. The molecule has 0 aliphatic carbocycles. The number of likely N-dealkylation sites (tertiary alicyclic amines) is 1. The molecule has 0 unspecified atom stereocenters. The van der Waals surface area contributed by atoms with Gasteiger partial charge in [-0.05, 0) is 97.1 Å². The summed E-state index contributed by atoms with van der Waals surface area (Å²) in [6.07, 6.45) is 2.74. The molecule has 0 bridgehead atoms. The maximum atomic E-state index is 14.6. The molecule has 1 atom stereocenters. The number of benzene rings is 3. The molecule has 0 aromatic heterocycles. The van der Waals surface area contributed by atoms with Crippen molar-refractivity contribution in [3.8, 4) is 16.9 Å². The summed E-state index contributed by atoms with van der Waals surface area (Å²) in [4.78, 5) is 20.0. The Bertz CT molecular complexity index is 1480. The zero-order chi connectivity index (χ0) is 32.8. The van der Waals surface area contributed by atoms with E-state index in [9.17, 15) is 9.18 Å². The molecule has 3 aromatic rings. The van der Waals surface area contributed by atoms with E-state index < -0.39 is 6.04 Å². The molecule has 2 N–H and O–H groups in total. The predicted octanol–water partition coefficient (Wildman–Crippen LogP) is 6.77. The average Bonchev–Trinajstić information content (AvgIpc) is 3.05. The summed E-state index contributed by atoms with van der Waals surface area (Å²) < 4.78 is 20.2. The molecule has 3 aromatic carbocycles. The minimum Gasteiger partial charge on any atom is -0.493 e. The number of carbonyl (C=O) groups excluding carboxylic acids is 1. The lowest BCUT2D eigenvalue weighted by atomic mass is 9.85. The van der Waals surface area contributed by atoms with Crippen LogP contribution in [0.1, 0.15) is 57.2 Å². The van der Waals surface area contributed by atoms with E-state index in [0.29, 0.717) is 50.6 Å². The van der Waals surface area contributed by atoms with Crippen molar-refractivity contribution in [3.63, 3.8) is 0 Å². The molecule has 2 heterocycles. The van der Waals surface area contributed by atoms with Crippen LogP contribution in [0.15, 0.2) is 60.7 Å². The van der Waals surface area contributed by atoms with Crippen LogP contribution in [-0.4, -0.2) is 79.1 Å². The Morgan fingerprint density at radius 3 is 2.39 bits per heavy atom. The Morgan fingerprint density at radius 1 is 0.978 bits per heavy atom. The molecule has 0 saturated carbocycles. The fraction of sp³-hybridized carbons (Fsp3) is 0.500. The van der Waals surface area contributed by atoms with Crippen molar-refractivity contribution >= 4 is 17.5 Å². The van der Waals surface area contributed by atoms with Crippen molar-refractivity contribution in [2.24, 2.45) is 11.7 Å². The standard InChI is InChI=1S/C38H50ClFN4O2/c1-5-46-35-11-7-10-34(40)33(35)26-43-20-22-44(23-21-43)37(45)36(41)27-14-17-42(18-15-27)19-16-29-25-31(39)12-13-32(29)28-8-6-9-30(24-28)38(2,3)4/h6-13,24-25,27,36H,5,14-23,26,41H2,1-4H3/t36-/m1/s1. The van der Waals surface area contributed by atoms with E-state index in [1.165, 1.54) is 28.3 Å². The predicted molar refractivity (Wildman–Crippen MR) is 186 cm³/mol. The zero-order valence-corrected chi connectivity index (χ0v) is 28.7. The van der Waals surface area contributed by atoms with Gasteiger partial charge in [0.1, 0.15) is 11.6 Å². The average molecular weight is 649 g/mol. The van der Waals surface area contributed by atoms with Gasteiger partial charge >= 0.3 is 0 Å². The van der Waals surface area contributed by atoms with Crippen LogP contribution in [-0.2, 0) is 23.2 Å². The SMILES string of the molecule is CCOc1cccc(F)c1CN1CCN(C(=O)[C@H](N)C2CCN(CCc3cc(Cl)ccc3-c3cccc(C(C)(C)C)c3)CC2)CC1. The minimum atomic E-state index is -0.487. The molecule has 6 nitrogen and oxygen atoms in total. The van der Waals surface area contributed by atoms with E-state index in [0.717, 1.165) is 43.9 Å². The van der Waals surface area contributed by atoms with Gasteiger partial charge in [0.2, 0.25) is 5.91 Å². The highest BCUT2D eigenvalue weighted by Crippen LogP contribution is 2.32. The number of ether oxygens (including phenoxy) is 1. The third kappa shape index (κ3) is 8.48. The smallest absolute Gasteiger partial charge is 0.239 e. The maximum absolute atomic E-state index is 14.6. The van der Waals surface area contributed by atoms with Gasteiger partial charge in [-0.3, -0.25) is 9.69 Å². The molecule has 0 radical (unpaired) electrons. The number of piperazine rings is 1. The molecule has 1 amide bonds. The van der Waals surface area contributed by atoms with Crippen LogP contribution in [0.25, 0.3) is 11.1 Å². The summed E-state index contributed by atoms with van der Waals surface area (Å²) in [5.41, 5.74) is 12.3. The Morgan fingerprint density at radius 2 is 1.70 bits per heavy atom. The number of hydrogen-bond acceptors (Lipinski definition) is 5. The highest BCUT2D eigenvalue weighted by atomic mass is 35.5. The first kappa shape index (κ1) is 34.4. The zero-order valence-electron chi connectivity index (χ0n) is 27.9. The summed E-state index contributed by atoms with van der Waals surface area (Å²) in [6.45, 7) is 15.0. The highest BCUT2D eigenvalue weighted by Gasteiger charge is 2.33. The molecule has 5 rings (SSSR count). The second-order valence-electron chi connectivity index (χ2n) is 13.8. The second kappa shape index (κ2) is 15.3. The molecular formula is C38H50ClFN4O2. The van der Waals surface area contributed by atoms with Crippen LogP contribution in [0, 0.1) is 11.7 Å². The van der Waals surface area contributed by atoms with Gasteiger partial charge in [-0.25, -0.2) is 4.39 Å². The van der Waals surface area contributed by atoms with E-state index >= 15 is 0 Å². The van der Waals surface area contributed by atoms with E-state index in [1.54, 1.807) is 6.07 Å². The summed E-state index contributed by atoms with van der Waals surface area (Å²) in [5, 5.41) is 0.761. The summed E-state index contributed by atoms with van der Waals surface area (Å²) in [7, 11) is 0. The lowest BCUT2D eigenvalue weighted by Crippen LogP contribution is -2.55. The Hall–Kier alpha value is -2.97. The number of halogens is 2. The van der Waals surface area contributed by atoms with Crippen LogP contribution in [0.5, 0.6) is 5.75 Å². The van der Waals surface area contributed by atoms with Crippen LogP contribution in [0.3, 0.4) is 0 Å². The molecule has 2 fully saturated rings. The second-order valence-corrected chi connectivity index (χ2v) is 14.3. The van der Waals surface area contributed by atoms with E-state index in [-0.39, 0.29) is 23.1 Å². The van der Waals surface area contributed by atoms with Crippen molar-refractivity contribution in [2.45, 2.75) is 65.0 Å². The number of nitrogens with zero attached hydrogens (tertiary/aromatic N) is 3. The first-order chi connectivity index (χ1) is 22.0. The van der Waals surface area contributed by atoms with Crippen LogP contribution < -0.4 is 10.5 Å². The highest BCUT2D eigenvalue weighted by molar-refractivity contribution is 6.30. The Balaban J connectivity index is 1.11. The lowest BCUT2D eigenvalue weighted by molar-refractivity contribution is -0.136. The van der Waals surface area contributed by atoms with Crippen LogP contribution in [0.4, 0.5) is 4.39 Å². The molecule has 2 aliphatic heterocycles. The van der Waals surface area contributed by atoms with Crippen LogP contribution >= 0.6 is 11.6 Å². The summed E-state index contributed by atoms with van der Waals surface area (Å²) in [5.74, 6) is 0.556. The van der Waals surface area contributed by atoms with Gasteiger partial charge in [0.15, 0.2) is 0 Å².